The summed E-state index contributed by atoms with van der Waals surface area (Å²) in [5.41, 5.74) is 0. The van der Waals surface area contributed by atoms with E-state index in [-0.39, 0.29) is 0 Å². The first-order chi connectivity index (χ1) is 11.1. The van der Waals surface area contributed by atoms with Crippen molar-refractivity contribution in [1.82, 2.24) is 20.0 Å². The van der Waals surface area contributed by atoms with Gasteiger partial charge in [-0.25, -0.2) is 0 Å². The van der Waals surface area contributed by atoms with Gasteiger partial charge in [0.2, 0.25) is 11.8 Å². The highest BCUT2D eigenvalue weighted by Gasteiger charge is 2.24. The number of aryl methyl sites for hydroxylation is 1. The number of hydrogen-bond donors (Lipinski definition) is 0. The van der Waals surface area contributed by atoms with E-state index in [4.69, 9.17) is 9.15 Å². The van der Waals surface area contributed by atoms with Crippen LogP contribution in [0.4, 0.5) is 0 Å². The fourth-order valence-electron chi connectivity index (χ4n) is 3.86. The van der Waals surface area contributed by atoms with Crippen LogP contribution < -0.4 is 0 Å². The summed E-state index contributed by atoms with van der Waals surface area (Å²) in [7, 11) is 0. The average Bonchev–Trinajstić information content (AvgIpc) is 2.91. The van der Waals surface area contributed by atoms with Crippen molar-refractivity contribution in [3.8, 4) is 0 Å². The van der Waals surface area contributed by atoms with E-state index < -0.39 is 0 Å². The molecular formula is C17H30N4O2. The molecule has 23 heavy (non-hydrogen) atoms. The van der Waals surface area contributed by atoms with Crippen LogP contribution in [0.25, 0.3) is 0 Å². The van der Waals surface area contributed by atoms with E-state index in [0.29, 0.717) is 18.1 Å². The average molecular weight is 322 g/mol. The number of piperidine rings is 1. The molecule has 0 bridgehead atoms. The number of likely N-dealkylation sites (tertiary alicyclic amines) is 1. The molecule has 2 fully saturated rings. The van der Waals surface area contributed by atoms with Crippen LogP contribution >= 0.6 is 0 Å². The second-order valence-electron chi connectivity index (χ2n) is 7.24. The molecule has 0 radical (unpaired) electrons. The Hall–Kier alpha value is -0.980. The lowest BCUT2D eigenvalue weighted by molar-refractivity contribution is -0.0693. The van der Waals surface area contributed by atoms with Crippen LogP contribution in [-0.2, 0) is 11.3 Å². The van der Waals surface area contributed by atoms with Crippen LogP contribution in [-0.4, -0.2) is 64.9 Å². The van der Waals surface area contributed by atoms with E-state index in [1.807, 2.05) is 6.92 Å². The Labute approximate surface area is 139 Å². The van der Waals surface area contributed by atoms with Gasteiger partial charge < -0.3 is 9.15 Å². The quantitative estimate of drug-likeness (QED) is 0.827. The summed E-state index contributed by atoms with van der Waals surface area (Å²) in [6, 6.07) is 0. The van der Waals surface area contributed by atoms with E-state index in [2.05, 4.69) is 33.8 Å². The molecule has 6 nitrogen and oxygen atoms in total. The van der Waals surface area contributed by atoms with Crippen LogP contribution in [0, 0.1) is 12.8 Å². The maximum atomic E-state index is 5.81. The van der Waals surface area contributed by atoms with E-state index >= 15 is 0 Å². The summed E-state index contributed by atoms with van der Waals surface area (Å²) >= 11 is 0. The molecule has 0 aliphatic carbocycles. The molecule has 2 atom stereocenters. The Kier molecular flexibility index (Phi) is 5.67. The summed E-state index contributed by atoms with van der Waals surface area (Å²) in [4.78, 5) is 5.01. The van der Waals surface area contributed by atoms with Gasteiger partial charge in [0.1, 0.15) is 0 Å². The molecule has 2 saturated heterocycles. The van der Waals surface area contributed by atoms with Gasteiger partial charge in [-0.2, -0.15) is 0 Å². The molecule has 0 N–H and O–H groups in total. The second-order valence-corrected chi connectivity index (χ2v) is 7.24. The minimum atomic E-state index is 0.374. The Bertz CT molecular complexity index is 475. The van der Waals surface area contributed by atoms with E-state index in [1.165, 1.54) is 25.8 Å². The second kappa shape index (κ2) is 7.73. The molecule has 3 rings (SSSR count). The van der Waals surface area contributed by atoms with Crippen molar-refractivity contribution >= 4 is 0 Å². The van der Waals surface area contributed by atoms with Crippen molar-refractivity contribution < 1.29 is 9.15 Å². The summed E-state index contributed by atoms with van der Waals surface area (Å²) in [5.74, 6) is 2.25. The smallest absolute Gasteiger partial charge is 0.230 e. The predicted octanol–water partition coefficient (Wildman–Crippen LogP) is 2.09. The third-order valence-corrected chi connectivity index (χ3v) is 4.98. The number of rotatable bonds is 5. The van der Waals surface area contributed by atoms with Crippen LogP contribution in [0.5, 0.6) is 0 Å². The molecule has 0 aromatic carbocycles. The molecule has 0 spiro atoms. The molecule has 0 unspecified atom stereocenters. The molecule has 2 aliphatic heterocycles. The maximum absolute atomic E-state index is 5.81. The molecule has 0 amide bonds. The van der Waals surface area contributed by atoms with Crippen molar-refractivity contribution in [3.63, 3.8) is 0 Å². The SMILES string of the molecule is Cc1nnc(CN2CCC(CCN3C[C@H](C)O[C@@H](C)C3)CC2)o1. The minimum absolute atomic E-state index is 0.374. The van der Waals surface area contributed by atoms with Crippen molar-refractivity contribution in [2.24, 2.45) is 5.92 Å². The van der Waals surface area contributed by atoms with E-state index in [1.54, 1.807) is 0 Å². The number of morpholine rings is 1. The fourth-order valence-corrected chi connectivity index (χ4v) is 3.86. The number of hydrogen-bond acceptors (Lipinski definition) is 6. The van der Waals surface area contributed by atoms with Crippen molar-refractivity contribution in [2.75, 3.05) is 32.7 Å². The minimum Gasteiger partial charge on any atom is -0.424 e. The zero-order chi connectivity index (χ0) is 16.2. The predicted molar refractivity (Wildman–Crippen MR) is 88.1 cm³/mol. The van der Waals surface area contributed by atoms with Crippen LogP contribution in [0.2, 0.25) is 0 Å². The molecule has 1 aromatic heterocycles. The largest absolute Gasteiger partial charge is 0.424 e. The monoisotopic (exact) mass is 322 g/mol. The van der Waals surface area contributed by atoms with Crippen molar-refractivity contribution in [3.05, 3.63) is 11.8 Å². The van der Waals surface area contributed by atoms with Crippen LogP contribution in [0.15, 0.2) is 4.42 Å². The zero-order valence-corrected chi connectivity index (χ0v) is 14.7. The van der Waals surface area contributed by atoms with Gasteiger partial charge in [0.05, 0.1) is 18.8 Å². The topological polar surface area (TPSA) is 54.6 Å². The third-order valence-electron chi connectivity index (χ3n) is 4.98. The molecule has 130 valence electrons. The van der Waals surface area contributed by atoms with Gasteiger partial charge in [-0.15, -0.1) is 10.2 Å². The Morgan fingerprint density at radius 2 is 1.74 bits per heavy atom. The zero-order valence-electron chi connectivity index (χ0n) is 14.7. The van der Waals surface area contributed by atoms with E-state index in [9.17, 15) is 0 Å². The van der Waals surface area contributed by atoms with Crippen molar-refractivity contribution in [1.29, 1.82) is 0 Å². The molecule has 0 saturated carbocycles. The molecule has 3 heterocycles. The van der Waals surface area contributed by atoms with Gasteiger partial charge in [0.25, 0.3) is 0 Å². The summed E-state index contributed by atoms with van der Waals surface area (Å²) in [6.07, 6.45) is 4.62. The number of nitrogens with zero attached hydrogens (tertiary/aromatic N) is 4. The van der Waals surface area contributed by atoms with Gasteiger partial charge in [-0.05, 0) is 58.7 Å². The molecule has 2 aliphatic rings. The lowest BCUT2D eigenvalue weighted by Crippen LogP contribution is -2.46. The fraction of sp³-hybridized carbons (Fsp3) is 0.882. The Morgan fingerprint density at radius 1 is 1.04 bits per heavy atom. The number of aromatic nitrogens is 2. The number of ether oxygens (including phenoxy) is 1. The highest BCUT2D eigenvalue weighted by Crippen LogP contribution is 2.23. The molecular weight excluding hydrogens is 292 g/mol. The first-order valence-corrected chi connectivity index (χ1v) is 8.97. The standard InChI is InChI=1S/C17H30N4O2/c1-13-10-21(11-14(2)22-13)9-6-16-4-7-20(8-5-16)12-17-19-18-15(3)23-17/h13-14,16H,4-12H2,1-3H3/t13-,14-/m0/s1. The highest BCUT2D eigenvalue weighted by atomic mass is 16.5. The van der Waals surface area contributed by atoms with Crippen LogP contribution in [0.1, 0.15) is 44.9 Å². The summed E-state index contributed by atoms with van der Waals surface area (Å²) in [6.45, 7) is 12.7. The lowest BCUT2D eigenvalue weighted by atomic mass is 9.93. The highest BCUT2D eigenvalue weighted by molar-refractivity contribution is 4.82. The first kappa shape index (κ1) is 16.9. The molecule has 6 heteroatoms. The van der Waals surface area contributed by atoms with Gasteiger partial charge >= 0.3 is 0 Å². The third kappa shape index (κ3) is 4.99. The summed E-state index contributed by atoms with van der Waals surface area (Å²) in [5, 5.41) is 8.00. The normalized spacial score (nSPS) is 28.3. The van der Waals surface area contributed by atoms with Gasteiger partial charge in [-0.3, -0.25) is 9.80 Å². The lowest BCUT2D eigenvalue weighted by Gasteiger charge is -2.37. The summed E-state index contributed by atoms with van der Waals surface area (Å²) < 4.78 is 11.3. The van der Waals surface area contributed by atoms with Crippen molar-refractivity contribution in [2.45, 2.75) is 58.8 Å². The Balaban J connectivity index is 1.36. The maximum Gasteiger partial charge on any atom is 0.230 e. The van der Waals surface area contributed by atoms with Gasteiger partial charge in [0.15, 0.2) is 0 Å². The first-order valence-electron chi connectivity index (χ1n) is 8.97. The van der Waals surface area contributed by atoms with Gasteiger partial charge in [0, 0.05) is 20.0 Å². The van der Waals surface area contributed by atoms with Gasteiger partial charge in [-0.1, -0.05) is 0 Å². The van der Waals surface area contributed by atoms with E-state index in [0.717, 1.165) is 44.5 Å². The van der Waals surface area contributed by atoms with Crippen LogP contribution in [0.3, 0.4) is 0 Å². The Morgan fingerprint density at radius 3 is 2.35 bits per heavy atom. The molecule has 1 aromatic rings.